The van der Waals surface area contributed by atoms with E-state index in [0.717, 1.165) is 6.42 Å². The first-order valence-corrected chi connectivity index (χ1v) is 4.31. The summed E-state index contributed by atoms with van der Waals surface area (Å²) in [6.45, 7) is 2.17. The molecule has 0 amide bonds. The van der Waals surface area contributed by atoms with Crippen molar-refractivity contribution in [1.29, 1.82) is 0 Å². The van der Waals surface area contributed by atoms with Gasteiger partial charge in [0.05, 0.1) is 6.17 Å². The van der Waals surface area contributed by atoms with E-state index >= 15 is 0 Å². The van der Waals surface area contributed by atoms with Crippen molar-refractivity contribution in [2.75, 3.05) is 0 Å². The summed E-state index contributed by atoms with van der Waals surface area (Å²) >= 11 is 4.82. The molecule has 11 heavy (non-hydrogen) atoms. The van der Waals surface area contributed by atoms with Crippen LogP contribution in [0.25, 0.3) is 0 Å². The third-order valence-electron chi connectivity index (χ3n) is 1.57. The lowest BCUT2D eigenvalue weighted by molar-refractivity contribution is 0.328. The van der Waals surface area contributed by atoms with Crippen LogP contribution in [0.2, 0.25) is 0 Å². The molecule has 1 heterocycles. The van der Waals surface area contributed by atoms with Crippen LogP contribution in [0.3, 0.4) is 0 Å². The zero-order valence-corrected chi connectivity index (χ0v) is 7.42. The molecule has 1 rings (SSSR count). The molecule has 4 N–H and O–H groups in total. The van der Waals surface area contributed by atoms with E-state index in [9.17, 15) is 0 Å². The van der Waals surface area contributed by atoms with Gasteiger partial charge in [0.15, 0.2) is 5.11 Å². The highest BCUT2D eigenvalue weighted by Crippen LogP contribution is 1.97. The van der Waals surface area contributed by atoms with Gasteiger partial charge in [-0.2, -0.15) is 0 Å². The Labute approximate surface area is 72.1 Å². The van der Waals surface area contributed by atoms with Gasteiger partial charge in [-0.1, -0.05) is 19.8 Å². The number of rotatable bonds is 3. The molecule has 0 atom stereocenters. The Kier molecular flexibility index (Phi) is 3.55. The van der Waals surface area contributed by atoms with Gasteiger partial charge in [-0.15, -0.1) is 0 Å². The van der Waals surface area contributed by atoms with Gasteiger partial charge in [0.25, 0.3) is 0 Å². The van der Waals surface area contributed by atoms with Crippen LogP contribution < -0.4 is 21.7 Å². The summed E-state index contributed by atoms with van der Waals surface area (Å²) in [4.78, 5) is 0. The summed E-state index contributed by atoms with van der Waals surface area (Å²) in [6, 6.07) is 0. The van der Waals surface area contributed by atoms with Crippen molar-refractivity contribution in [2.24, 2.45) is 0 Å². The van der Waals surface area contributed by atoms with Crippen LogP contribution in [0.5, 0.6) is 0 Å². The van der Waals surface area contributed by atoms with Crippen molar-refractivity contribution in [3.05, 3.63) is 0 Å². The van der Waals surface area contributed by atoms with Crippen molar-refractivity contribution in [3.63, 3.8) is 0 Å². The number of nitrogens with one attached hydrogen (secondary N) is 4. The van der Waals surface area contributed by atoms with Crippen molar-refractivity contribution >= 4 is 17.3 Å². The van der Waals surface area contributed by atoms with E-state index in [0.29, 0.717) is 5.11 Å². The lowest BCUT2D eigenvalue weighted by atomic mass is 10.2. The zero-order chi connectivity index (χ0) is 8.10. The molecule has 5 heteroatoms. The minimum absolute atomic E-state index is 0.279. The molecule has 0 aliphatic carbocycles. The van der Waals surface area contributed by atoms with Crippen LogP contribution in [0, 0.1) is 0 Å². The fraction of sp³-hybridized carbons (Fsp3) is 0.833. The van der Waals surface area contributed by atoms with E-state index in [1.807, 2.05) is 0 Å². The second kappa shape index (κ2) is 4.48. The summed E-state index contributed by atoms with van der Waals surface area (Å²) in [6.07, 6.45) is 3.80. The fourth-order valence-electron chi connectivity index (χ4n) is 0.925. The summed E-state index contributed by atoms with van der Waals surface area (Å²) in [5.74, 6) is 0. The summed E-state index contributed by atoms with van der Waals surface area (Å²) in [5, 5.41) is 0.595. The molecule has 0 aromatic rings. The topological polar surface area (TPSA) is 48.1 Å². The molecule has 1 fully saturated rings. The quantitative estimate of drug-likeness (QED) is 0.453. The third-order valence-corrected chi connectivity index (χ3v) is 1.77. The van der Waals surface area contributed by atoms with Crippen LogP contribution >= 0.6 is 12.2 Å². The van der Waals surface area contributed by atoms with Gasteiger partial charge in [-0.25, -0.2) is 10.9 Å². The maximum Gasteiger partial charge on any atom is 0.195 e. The van der Waals surface area contributed by atoms with E-state index in [-0.39, 0.29) is 6.17 Å². The number of thiocarbonyl (C=S) groups is 1. The zero-order valence-electron chi connectivity index (χ0n) is 6.61. The van der Waals surface area contributed by atoms with E-state index in [4.69, 9.17) is 12.2 Å². The van der Waals surface area contributed by atoms with Crippen LogP contribution in [-0.2, 0) is 0 Å². The molecular formula is C6H14N4S. The van der Waals surface area contributed by atoms with Crippen molar-refractivity contribution in [3.8, 4) is 0 Å². The van der Waals surface area contributed by atoms with Crippen LogP contribution in [0.1, 0.15) is 26.2 Å². The predicted molar refractivity (Wildman–Crippen MR) is 48.5 cm³/mol. The van der Waals surface area contributed by atoms with Crippen LogP contribution in [-0.4, -0.2) is 11.3 Å². The second-order valence-electron chi connectivity index (χ2n) is 2.56. The van der Waals surface area contributed by atoms with Gasteiger partial charge in [0.1, 0.15) is 0 Å². The first kappa shape index (κ1) is 8.70. The largest absolute Gasteiger partial charge is 0.296 e. The molecule has 1 saturated heterocycles. The van der Waals surface area contributed by atoms with Gasteiger partial charge in [0, 0.05) is 0 Å². The Morgan fingerprint density at radius 3 is 2.55 bits per heavy atom. The first-order chi connectivity index (χ1) is 5.33. The van der Waals surface area contributed by atoms with Gasteiger partial charge in [-0.3, -0.25) is 10.9 Å². The monoisotopic (exact) mass is 174 g/mol. The molecule has 4 nitrogen and oxygen atoms in total. The average molecular weight is 174 g/mol. The molecule has 0 bridgehead atoms. The Morgan fingerprint density at radius 2 is 2.00 bits per heavy atom. The van der Waals surface area contributed by atoms with Gasteiger partial charge < -0.3 is 0 Å². The lowest BCUT2D eigenvalue weighted by Crippen LogP contribution is -2.65. The lowest BCUT2D eigenvalue weighted by Gasteiger charge is -2.27. The van der Waals surface area contributed by atoms with Crippen LogP contribution in [0.4, 0.5) is 0 Å². The van der Waals surface area contributed by atoms with E-state index in [1.54, 1.807) is 0 Å². The minimum atomic E-state index is 0.279. The van der Waals surface area contributed by atoms with Gasteiger partial charge >= 0.3 is 0 Å². The normalized spacial score (nSPS) is 19.2. The Bertz CT molecular complexity index is 129. The standard InChI is InChI=1S/C6H14N4S/c1-2-3-4-5-7-9-6(11)10-8-5/h5,7-8H,2-4H2,1H3,(H2,9,10,11). The Balaban J connectivity index is 2.12. The van der Waals surface area contributed by atoms with E-state index < -0.39 is 0 Å². The summed E-state index contributed by atoms with van der Waals surface area (Å²) in [7, 11) is 0. The second-order valence-corrected chi connectivity index (χ2v) is 2.97. The highest BCUT2D eigenvalue weighted by atomic mass is 32.1. The number of hydrazine groups is 2. The molecule has 0 saturated carbocycles. The number of hydrogen-bond acceptors (Lipinski definition) is 3. The van der Waals surface area contributed by atoms with Crippen molar-refractivity contribution in [2.45, 2.75) is 32.4 Å². The predicted octanol–water partition coefficient (Wildman–Crippen LogP) is -0.0104. The summed E-state index contributed by atoms with van der Waals surface area (Å²) in [5.41, 5.74) is 11.8. The highest BCUT2D eigenvalue weighted by Gasteiger charge is 2.11. The maximum atomic E-state index is 4.82. The van der Waals surface area contributed by atoms with Crippen molar-refractivity contribution < 1.29 is 0 Å². The van der Waals surface area contributed by atoms with Crippen molar-refractivity contribution in [1.82, 2.24) is 21.7 Å². The molecule has 0 aromatic carbocycles. The minimum Gasteiger partial charge on any atom is -0.296 e. The smallest absolute Gasteiger partial charge is 0.195 e. The van der Waals surface area contributed by atoms with E-state index in [1.165, 1.54) is 12.8 Å². The molecule has 1 aliphatic heterocycles. The molecule has 64 valence electrons. The van der Waals surface area contributed by atoms with E-state index in [2.05, 4.69) is 28.6 Å². The average Bonchev–Trinajstić information content (AvgIpc) is 2.04. The molecule has 0 aromatic heterocycles. The molecule has 1 aliphatic rings. The molecule has 0 unspecified atom stereocenters. The number of unbranched alkanes of at least 4 members (excludes halogenated alkanes) is 1. The van der Waals surface area contributed by atoms with Gasteiger partial charge in [0.2, 0.25) is 0 Å². The van der Waals surface area contributed by atoms with Crippen LogP contribution in [0.15, 0.2) is 0 Å². The SMILES string of the molecule is CCCCC1NNC(=S)NN1. The first-order valence-electron chi connectivity index (χ1n) is 3.90. The highest BCUT2D eigenvalue weighted by molar-refractivity contribution is 7.80. The summed E-state index contributed by atoms with van der Waals surface area (Å²) < 4.78 is 0. The Morgan fingerprint density at radius 1 is 1.36 bits per heavy atom. The molecular weight excluding hydrogens is 160 g/mol. The molecule has 0 spiro atoms. The Hall–Kier alpha value is -0.390. The third kappa shape index (κ3) is 3.00. The fourth-order valence-corrected chi connectivity index (χ4v) is 1.04. The maximum absolute atomic E-state index is 4.82. The number of hydrogen-bond donors (Lipinski definition) is 4. The molecule has 0 radical (unpaired) electrons. The van der Waals surface area contributed by atoms with Gasteiger partial charge in [-0.05, 0) is 18.6 Å².